The van der Waals surface area contributed by atoms with E-state index in [1.54, 1.807) is 23.6 Å². The fourth-order valence-corrected chi connectivity index (χ4v) is 3.32. The predicted octanol–water partition coefficient (Wildman–Crippen LogP) is 2.06. The third-order valence-electron chi connectivity index (χ3n) is 4.82. The molecule has 3 aromatic heterocycles. The molecule has 0 aromatic carbocycles. The Balaban J connectivity index is 1.56. The van der Waals surface area contributed by atoms with Gasteiger partial charge in [0, 0.05) is 48.4 Å². The molecule has 7 heteroatoms. The fourth-order valence-electron chi connectivity index (χ4n) is 3.32. The van der Waals surface area contributed by atoms with Crippen molar-refractivity contribution in [1.82, 2.24) is 24.8 Å². The molecule has 1 aliphatic rings. The van der Waals surface area contributed by atoms with Crippen molar-refractivity contribution >= 4 is 11.5 Å². The van der Waals surface area contributed by atoms with Gasteiger partial charge in [0.2, 0.25) is 0 Å². The molecule has 0 fully saturated rings. The van der Waals surface area contributed by atoms with Crippen molar-refractivity contribution in [2.75, 3.05) is 6.54 Å². The molecular weight excluding hydrogens is 340 g/mol. The number of nitrogens with zero attached hydrogens (tertiary/aromatic N) is 4. The highest BCUT2D eigenvalue weighted by Gasteiger charge is 2.25. The van der Waals surface area contributed by atoms with Crippen LogP contribution in [0.2, 0.25) is 0 Å². The highest BCUT2D eigenvalue weighted by molar-refractivity contribution is 6.18. The number of H-pyrrole nitrogens is 1. The first kappa shape index (κ1) is 17.0. The number of nitrogens with one attached hydrogen (secondary N) is 1. The van der Waals surface area contributed by atoms with Crippen LogP contribution in [0.3, 0.4) is 0 Å². The van der Waals surface area contributed by atoms with Crippen LogP contribution < -0.4 is 5.73 Å². The molecule has 4 heterocycles. The molecule has 3 N–H and O–H groups in total. The Kier molecular flexibility index (Phi) is 4.42. The topological polar surface area (TPSA) is 101 Å². The van der Waals surface area contributed by atoms with E-state index in [2.05, 4.69) is 19.9 Å². The maximum atomic E-state index is 13.0. The largest absolute Gasteiger partial charge is 0.404 e. The lowest BCUT2D eigenvalue weighted by Gasteiger charge is -2.27. The van der Waals surface area contributed by atoms with E-state index in [9.17, 15) is 4.79 Å². The van der Waals surface area contributed by atoms with Crippen molar-refractivity contribution in [2.24, 2.45) is 5.73 Å². The molecule has 7 nitrogen and oxygen atoms in total. The molecular formula is C20H20N6O. The Labute approximate surface area is 157 Å². The number of amides is 1. The highest BCUT2D eigenvalue weighted by atomic mass is 16.2. The van der Waals surface area contributed by atoms with Gasteiger partial charge in [0.25, 0.3) is 5.91 Å². The number of aromatic nitrogens is 4. The number of imidazole rings is 1. The highest BCUT2D eigenvalue weighted by Crippen LogP contribution is 2.24. The van der Waals surface area contributed by atoms with E-state index in [-0.39, 0.29) is 5.91 Å². The standard InChI is InChI=1S/C20H20N6O/c1-13-15(3-2-7-22-13)14-4-5-17(23-10-14)16(9-21)20(27)26-8-6-18-19(11-26)25-12-24-18/h2-5,7,9-10,12H,6,8,11,21H2,1H3,(H,24,25)/b16-9+. The summed E-state index contributed by atoms with van der Waals surface area (Å²) in [5.74, 6) is -0.129. The number of hydrogen-bond donors (Lipinski definition) is 2. The summed E-state index contributed by atoms with van der Waals surface area (Å²) in [4.78, 5) is 30.9. The van der Waals surface area contributed by atoms with Gasteiger partial charge < -0.3 is 15.6 Å². The second-order valence-electron chi connectivity index (χ2n) is 6.45. The maximum absolute atomic E-state index is 13.0. The lowest BCUT2D eigenvalue weighted by Crippen LogP contribution is -2.36. The number of aryl methyl sites for hydroxylation is 1. The van der Waals surface area contributed by atoms with E-state index in [0.717, 1.165) is 34.6 Å². The first-order chi connectivity index (χ1) is 13.2. The Hall–Kier alpha value is -3.48. The number of fused-ring (bicyclic) bond motifs is 1. The van der Waals surface area contributed by atoms with Crippen LogP contribution in [0, 0.1) is 6.92 Å². The Morgan fingerprint density at radius 1 is 1.26 bits per heavy atom. The number of hydrogen-bond acceptors (Lipinski definition) is 5. The summed E-state index contributed by atoms with van der Waals surface area (Å²) in [6.07, 6.45) is 7.24. The van der Waals surface area contributed by atoms with Crippen LogP contribution in [0.15, 0.2) is 49.2 Å². The number of pyridine rings is 2. The second-order valence-corrected chi connectivity index (χ2v) is 6.45. The van der Waals surface area contributed by atoms with Gasteiger partial charge in [-0.3, -0.25) is 14.8 Å². The fraction of sp³-hybridized carbons (Fsp3) is 0.200. The van der Waals surface area contributed by atoms with E-state index in [4.69, 9.17) is 5.73 Å². The zero-order valence-corrected chi connectivity index (χ0v) is 15.0. The van der Waals surface area contributed by atoms with Gasteiger partial charge >= 0.3 is 0 Å². The van der Waals surface area contributed by atoms with Crippen molar-refractivity contribution in [2.45, 2.75) is 19.9 Å². The van der Waals surface area contributed by atoms with Crippen molar-refractivity contribution in [1.29, 1.82) is 0 Å². The molecule has 0 bridgehead atoms. The van der Waals surface area contributed by atoms with Crippen LogP contribution in [0.25, 0.3) is 16.7 Å². The second kappa shape index (κ2) is 7.03. The number of aromatic amines is 1. The summed E-state index contributed by atoms with van der Waals surface area (Å²) in [6, 6.07) is 7.65. The Morgan fingerprint density at radius 2 is 2.15 bits per heavy atom. The molecule has 4 rings (SSSR count). The third-order valence-corrected chi connectivity index (χ3v) is 4.82. The van der Waals surface area contributed by atoms with Crippen LogP contribution in [-0.4, -0.2) is 37.3 Å². The summed E-state index contributed by atoms with van der Waals surface area (Å²) < 4.78 is 0. The molecule has 1 amide bonds. The average molecular weight is 360 g/mol. The molecule has 0 atom stereocenters. The van der Waals surface area contributed by atoms with Gasteiger partial charge in [-0.2, -0.15) is 0 Å². The van der Waals surface area contributed by atoms with Gasteiger partial charge in [-0.15, -0.1) is 0 Å². The predicted molar refractivity (Wildman–Crippen MR) is 102 cm³/mol. The van der Waals surface area contributed by atoms with Crippen molar-refractivity contribution < 1.29 is 4.79 Å². The lowest BCUT2D eigenvalue weighted by molar-refractivity contribution is -0.126. The first-order valence-electron chi connectivity index (χ1n) is 8.78. The summed E-state index contributed by atoms with van der Waals surface area (Å²) in [7, 11) is 0. The molecule has 0 radical (unpaired) electrons. The van der Waals surface area contributed by atoms with Crippen LogP contribution in [0.1, 0.15) is 22.8 Å². The Bertz CT molecular complexity index is 1010. The minimum Gasteiger partial charge on any atom is -0.404 e. The minimum atomic E-state index is -0.129. The molecule has 0 aliphatic carbocycles. The van der Waals surface area contributed by atoms with E-state index < -0.39 is 0 Å². The lowest BCUT2D eigenvalue weighted by atomic mass is 10.0. The number of carbonyl (C=O) groups excluding carboxylic acids is 1. The van der Waals surface area contributed by atoms with Crippen molar-refractivity contribution in [3.8, 4) is 11.1 Å². The zero-order chi connectivity index (χ0) is 18.8. The third kappa shape index (κ3) is 3.19. The average Bonchev–Trinajstić information content (AvgIpc) is 3.17. The molecule has 3 aromatic rings. The summed E-state index contributed by atoms with van der Waals surface area (Å²) in [5.41, 5.74) is 11.6. The summed E-state index contributed by atoms with van der Waals surface area (Å²) in [6.45, 7) is 3.07. The van der Waals surface area contributed by atoms with Crippen molar-refractivity contribution in [3.63, 3.8) is 0 Å². The molecule has 1 aliphatic heterocycles. The quantitative estimate of drug-likeness (QED) is 0.696. The molecule has 27 heavy (non-hydrogen) atoms. The van der Waals surface area contributed by atoms with Gasteiger partial charge in [0.1, 0.15) is 0 Å². The first-order valence-corrected chi connectivity index (χ1v) is 8.78. The maximum Gasteiger partial charge on any atom is 0.257 e. The van der Waals surface area contributed by atoms with E-state index in [1.165, 1.54) is 6.20 Å². The van der Waals surface area contributed by atoms with Gasteiger partial charge in [0.05, 0.1) is 35.5 Å². The number of rotatable bonds is 3. The van der Waals surface area contributed by atoms with Crippen LogP contribution in [-0.2, 0) is 17.8 Å². The SMILES string of the molecule is Cc1ncccc1-c1ccc(/C(=C\N)C(=O)N2CCc3nc[nH]c3C2)nc1. The summed E-state index contributed by atoms with van der Waals surface area (Å²) >= 11 is 0. The molecule has 0 spiro atoms. The van der Waals surface area contributed by atoms with Crippen LogP contribution in [0.5, 0.6) is 0 Å². The smallest absolute Gasteiger partial charge is 0.257 e. The van der Waals surface area contributed by atoms with Gasteiger partial charge in [-0.25, -0.2) is 4.98 Å². The van der Waals surface area contributed by atoms with E-state index in [1.807, 2.05) is 31.2 Å². The Morgan fingerprint density at radius 3 is 2.89 bits per heavy atom. The monoisotopic (exact) mass is 360 g/mol. The van der Waals surface area contributed by atoms with E-state index >= 15 is 0 Å². The molecule has 136 valence electrons. The molecule has 0 saturated carbocycles. The molecule has 0 unspecified atom stereocenters. The van der Waals surface area contributed by atoms with Crippen LogP contribution >= 0.6 is 0 Å². The minimum absolute atomic E-state index is 0.129. The van der Waals surface area contributed by atoms with Crippen molar-refractivity contribution in [3.05, 3.63) is 72.0 Å². The normalized spacial score (nSPS) is 14.1. The van der Waals surface area contributed by atoms with Gasteiger partial charge in [0.15, 0.2) is 0 Å². The van der Waals surface area contributed by atoms with E-state index in [0.29, 0.717) is 24.4 Å². The van der Waals surface area contributed by atoms with Gasteiger partial charge in [-0.05, 0) is 19.1 Å². The zero-order valence-electron chi connectivity index (χ0n) is 15.0. The number of carbonyl (C=O) groups is 1. The van der Waals surface area contributed by atoms with Gasteiger partial charge in [-0.1, -0.05) is 12.1 Å². The van der Waals surface area contributed by atoms with Crippen LogP contribution in [0.4, 0.5) is 0 Å². The summed E-state index contributed by atoms with van der Waals surface area (Å²) in [5, 5.41) is 0. The number of nitrogens with two attached hydrogens (primary N) is 1. The molecule has 0 saturated heterocycles.